The van der Waals surface area contributed by atoms with Crippen molar-refractivity contribution in [3.05, 3.63) is 65.2 Å². The van der Waals surface area contributed by atoms with Gasteiger partial charge in [-0.15, -0.1) is 0 Å². The minimum absolute atomic E-state index is 0.0501. The van der Waals surface area contributed by atoms with E-state index in [1.54, 1.807) is 0 Å². The lowest BCUT2D eigenvalue weighted by Crippen LogP contribution is -2.34. The molecule has 0 saturated carbocycles. The molecule has 0 aromatic heterocycles. The van der Waals surface area contributed by atoms with Crippen molar-refractivity contribution in [2.45, 2.75) is 59.2 Å². The molecule has 2 aromatic rings. The van der Waals surface area contributed by atoms with Gasteiger partial charge >= 0.3 is 0 Å². The van der Waals surface area contributed by atoms with E-state index in [9.17, 15) is 9.59 Å². The van der Waals surface area contributed by atoms with Crippen LogP contribution in [-0.4, -0.2) is 53.8 Å². The molecule has 1 aliphatic heterocycles. The van der Waals surface area contributed by atoms with Crippen molar-refractivity contribution >= 4 is 17.5 Å². The second-order valence-corrected chi connectivity index (χ2v) is 8.75. The lowest BCUT2D eigenvalue weighted by Gasteiger charge is -2.26. The zero-order valence-corrected chi connectivity index (χ0v) is 20.4. The monoisotopic (exact) mass is 450 g/mol. The summed E-state index contributed by atoms with van der Waals surface area (Å²) >= 11 is 0. The highest BCUT2D eigenvalue weighted by molar-refractivity contribution is 5.99. The Balaban J connectivity index is 1.58. The number of nitrogens with one attached hydrogen (secondary N) is 2. The number of amides is 2. The molecular formula is C27H38N4O2. The first-order valence-electron chi connectivity index (χ1n) is 12.3. The predicted molar refractivity (Wildman–Crippen MR) is 135 cm³/mol. The van der Waals surface area contributed by atoms with Crippen LogP contribution >= 0.6 is 0 Å². The van der Waals surface area contributed by atoms with E-state index in [0.29, 0.717) is 12.1 Å². The van der Waals surface area contributed by atoms with E-state index in [1.807, 2.05) is 53.4 Å². The Morgan fingerprint density at radius 2 is 1.76 bits per heavy atom. The van der Waals surface area contributed by atoms with Crippen LogP contribution in [0.5, 0.6) is 0 Å². The van der Waals surface area contributed by atoms with Crippen LogP contribution in [0.15, 0.2) is 48.5 Å². The van der Waals surface area contributed by atoms with Crippen molar-refractivity contribution in [2.75, 3.05) is 31.5 Å². The van der Waals surface area contributed by atoms with E-state index < -0.39 is 0 Å². The summed E-state index contributed by atoms with van der Waals surface area (Å²) in [5.41, 5.74) is 3.28. The molecule has 33 heavy (non-hydrogen) atoms. The quantitative estimate of drug-likeness (QED) is 0.483. The Kier molecular flexibility index (Phi) is 8.89. The Hall–Kier alpha value is -2.86. The van der Waals surface area contributed by atoms with Crippen LogP contribution in [0.3, 0.4) is 0 Å². The Morgan fingerprint density at radius 1 is 1.06 bits per heavy atom. The number of hydrogen-bond acceptors (Lipinski definition) is 4. The van der Waals surface area contributed by atoms with Crippen molar-refractivity contribution < 1.29 is 9.59 Å². The zero-order chi connectivity index (χ0) is 23.8. The third-order valence-electron chi connectivity index (χ3n) is 6.36. The van der Waals surface area contributed by atoms with Crippen molar-refractivity contribution in [1.82, 2.24) is 15.1 Å². The highest BCUT2D eigenvalue weighted by Crippen LogP contribution is 2.34. The van der Waals surface area contributed by atoms with Crippen molar-refractivity contribution in [3.63, 3.8) is 0 Å². The van der Waals surface area contributed by atoms with Gasteiger partial charge in [0.2, 0.25) is 0 Å². The third kappa shape index (κ3) is 6.14. The standard InChI is InChI=1S/C27H38N4O2/c1-5-18-31-25(23-12-8-9-13-24(23)27(31)33)29-22-16-14-21(15-17-22)26(32)28-20(4)11-10-19-30(6-2)7-3/h8-9,12-17,20,25,29H,5-7,10-11,18-19H2,1-4H3,(H,28,32). The molecule has 0 spiro atoms. The largest absolute Gasteiger partial charge is 0.361 e. The first kappa shape index (κ1) is 24.8. The van der Waals surface area contributed by atoms with Crippen LogP contribution in [0.1, 0.15) is 79.4 Å². The van der Waals surface area contributed by atoms with Gasteiger partial charge in [-0.3, -0.25) is 9.59 Å². The van der Waals surface area contributed by atoms with Gasteiger partial charge in [-0.2, -0.15) is 0 Å². The molecule has 3 rings (SSSR count). The number of hydrogen-bond donors (Lipinski definition) is 2. The second-order valence-electron chi connectivity index (χ2n) is 8.75. The number of rotatable bonds is 12. The van der Waals surface area contributed by atoms with Gasteiger partial charge in [0.25, 0.3) is 11.8 Å². The van der Waals surface area contributed by atoms with Gasteiger partial charge in [-0.05, 0) is 76.2 Å². The molecule has 2 aromatic carbocycles. The van der Waals surface area contributed by atoms with Crippen molar-refractivity contribution in [1.29, 1.82) is 0 Å². The van der Waals surface area contributed by atoms with Gasteiger partial charge in [0.1, 0.15) is 6.17 Å². The lowest BCUT2D eigenvalue weighted by atomic mass is 10.1. The molecule has 0 radical (unpaired) electrons. The SMILES string of the molecule is CCCN1C(=O)c2ccccc2C1Nc1ccc(C(=O)NC(C)CCCN(CC)CC)cc1. The van der Waals surface area contributed by atoms with E-state index in [-0.39, 0.29) is 24.0 Å². The van der Waals surface area contributed by atoms with E-state index in [0.717, 1.165) is 55.7 Å². The number of anilines is 1. The van der Waals surface area contributed by atoms with E-state index in [4.69, 9.17) is 0 Å². The first-order valence-corrected chi connectivity index (χ1v) is 12.3. The molecule has 0 saturated heterocycles. The molecule has 1 heterocycles. The summed E-state index contributed by atoms with van der Waals surface area (Å²) in [5, 5.41) is 6.60. The summed E-state index contributed by atoms with van der Waals surface area (Å²) in [6.07, 6.45) is 2.73. The van der Waals surface area contributed by atoms with E-state index >= 15 is 0 Å². The molecule has 2 amide bonds. The van der Waals surface area contributed by atoms with Gasteiger partial charge in [-0.1, -0.05) is 39.0 Å². The van der Waals surface area contributed by atoms with Gasteiger partial charge in [-0.25, -0.2) is 0 Å². The van der Waals surface area contributed by atoms with Crippen molar-refractivity contribution in [2.24, 2.45) is 0 Å². The van der Waals surface area contributed by atoms with Crippen LogP contribution in [0.4, 0.5) is 5.69 Å². The highest BCUT2D eigenvalue weighted by Gasteiger charge is 2.35. The highest BCUT2D eigenvalue weighted by atomic mass is 16.2. The Labute approximate surface area is 198 Å². The normalized spacial score (nSPS) is 16.1. The summed E-state index contributed by atoms with van der Waals surface area (Å²) in [7, 11) is 0. The Bertz CT molecular complexity index is 924. The summed E-state index contributed by atoms with van der Waals surface area (Å²) in [4.78, 5) is 29.8. The molecule has 2 N–H and O–H groups in total. The summed E-state index contributed by atoms with van der Waals surface area (Å²) in [5.74, 6) is 0.0156. The smallest absolute Gasteiger partial charge is 0.256 e. The molecule has 0 aliphatic carbocycles. The maximum atomic E-state index is 12.8. The first-order chi connectivity index (χ1) is 16.0. The number of carbonyl (C=O) groups is 2. The van der Waals surface area contributed by atoms with Crippen LogP contribution in [0.25, 0.3) is 0 Å². The van der Waals surface area contributed by atoms with E-state index in [1.165, 1.54) is 0 Å². The average molecular weight is 451 g/mol. The maximum Gasteiger partial charge on any atom is 0.256 e. The van der Waals surface area contributed by atoms with Gasteiger partial charge in [0.05, 0.1) is 0 Å². The number of benzene rings is 2. The fourth-order valence-corrected chi connectivity index (χ4v) is 4.41. The van der Waals surface area contributed by atoms with Crippen LogP contribution in [-0.2, 0) is 0 Å². The number of carbonyl (C=O) groups excluding carboxylic acids is 2. The summed E-state index contributed by atoms with van der Waals surface area (Å²) < 4.78 is 0. The molecule has 0 bridgehead atoms. The summed E-state index contributed by atoms with van der Waals surface area (Å²) in [6.45, 7) is 12.4. The third-order valence-corrected chi connectivity index (χ3v) is 6.36. The van der Waals surface area contributed by atoms with Gasteiger partial charge in [0, 0.05) is 35.0 Å². The molecule has 1 aliphatic rings. The predicted octanol–water partition coefficient (Wildman–Crippen LogP) is 4.90. The molecule has 2 atom stereocenters. The second kappa shape index (κ2) is 11.8. The fraction of sp³-hybridized carbons (Fsp3) is 0.481. The lowest BCUT2D eigenvalue weighted by molar-refractivity contribution is 0.0743. The van der Waals surface area contributed by atoms with Gasteiger partial charge in [0.15, 0.2) is 0 Å². The minimum Gasteiger partial charge on any atom is -0.361 e. The topological polar surface area (TPSA) is 64.7 Å². The molecule has 0 fully saturated rings. The summed E-state index contributed by atoms with van der Waals surface area (Å²) in [6, 6.07) is 15.4. The van der Waals surface area contributed by atoms with Crippen LogP contribution in [0, 0.1) is 0 Å². The fourth-order valence-electron chi connectivity index (χ4n) is 4.41. The zero-order valence-electron chi connectivity index (χ0n) is 20.4. The van der Waals surface area contributed by atoms with Crippen LogP contribution < -0.4 is 10.6 Å². The number of nitrogens with zero attached hydrogens (tertiary/aromatic N) is 2. The van der Waals surface area contributed by atoms with E-state index in [2.05, 4.69) is 43.2 Å². The Morgan fingerprint density at radius 3 is 2.42 bits per heavy atom. The van der Waals surface area contributed by atoms with Gasteiger partial charge < -0.3 is 20.4 Å². The molecule has 6 nitrogen and oxygen atoms in total. The molecule has 2 unspecified atom stereocenters. The average Bonchev–Trinajstić information content (AvgIpc) is 3.08. The maximum absolute atomic E-state index is 12.8. The molecular weight excluding hydrogens is 412 g/mol. The number of fused-ring (bicyclic) bond motifs is 1. The molecule has 178 valence electrons. The molecule has 6 heteroatoms. The minimum atomic E-state index is -0.195. The van der Waals surface area contributed by atoms with Crippen LogP contribution in [0.2, 0.25) is 0 Å². The van der Waals surface area contributed by atoms with Crippen molar-refractivity contribution in [3.8, 4) is 0 Å².